The fraction of sp³-hybridized carbons (Fsp3) is 0.375. The van der Waals surface area contributed by atoms with E-state index in [9.17, 15) is 14.4 Å². The summed E-state index contributed by atoms with van der Waals surface area (Å²) in [5.41, 5.74) is 2.88. The molecule has 0 unspecified atom stereocenters. The number of pyridine rings is 1. The van der Waals surface area contributed by atoms with E-state index in [4.69, 9.17) is 14.2 Å². The lowest BCUT2D eigenvalue weighted by molar-refractivity contribution is -0.140. The molecule has 1 aromatic heterocycles. The smallest absolute Gasteiger partial charge is 0.338 e. The lowest BCUT2D eigenvalue weighted by Gasteiger charge is -2.29. The molecule has 164 valence electrons. The van der Waals surface area contributed by atoms with Gasteiger partial charge in [0.2, 0.25) is 0 Å². The molecule has 3 rings (SSSR count). The monoisotopic (exact) mass is 425 g/mol. The second-order valence-electron chi connectivity index (χ2n) is 7.49. The average molecular weight is 425 g/mol. The first kappa shape index (κ1) is 22.3. The van der Waals surface area contributed by atoms with Crippen molar-refractivity contribution >= 4 is 22.8 Å². The van der Waals surface area contributed by atoms with E-state index in [1.165, 1.54) is 0 Å². The Hall–Kier alpha value is -3.35. The van der Waals surface area contributed by atoms with E-state index >= 15 is 0 Å². The summed E-state index contributed by atoms with van der Waals surface area (Å²) in [4.78, 5) is 41.7. The van der Waals surface area contributed by atoms with E-state index in [0.29, 0.717) is 5.52 Å². The number of aromatic nitrogens is 1. The van der Waals surface area contributed by atoms with Crippen LogP contribution in [-0.4, -0.2) is 30.1 Å². The second-order valence-corrected chi connectivity index (χ2v) is 7.49. The number of hydrogen-bond donors (Lipinski definition) is 1. The van der Waals surface area contributed by atoms with E-state index in [-0.39, 0.29) is 41.4 Å². The molecule has 0 atom stereocenters. The van der Waals surface area contributed by atoms with Crippen molar-refractivity contribution in [2.45, 2.75) is 47.5 Å². The number of carbonyl (C=O) groups excluding carboxylic acids is 2. The van der Waals surface area contributed by atoms with Gasteiger partial charge in [-0.15, -0.1) is 0 Å². The van der Waals surface area contributed by atoms with Crippen LogP contribution < -0.4 is 5.56 Å². The van der Waals surface area contributed by atoms with Crippen LogP contribution in [0.2, 0.25) is 0 Å². The molecular weight excluding hydrogens is 398 g/mol. The average Bonchev–Trinajstić information content (AvgIpc) is 2.68. The maximum atomic E-state index is 13.1. The minimum atomic E-state index is -0.971. The number of fused-ring (bicyclic) bond motifs is 1. The molecule has 31 heavy (non-hydrogen) atoms. The van der Waals surface area contributed by atoms with Crippen LogP contribution in [0.1, 0.15) is 50.3 Å². The van der Waals surface area contributed by atoms with Crippen LogP contribution in [-0.2, 0) is 23.8 Å². The highest BCUT2D eigenvalue weighted by Crippen LogP contribution is 2.41. The number of nitrogens with one attached hydrogen (secondary N) is 1. The molecule has 1 aliphatic heterocycles. The minimum absolute atomic E-state index is 0.115. The fourth-order valence-electron chi connectivity index (χ4n) is 3.85. The van der Waals surface area contributed by atoms with Gasteiger partial charge in [0.15, 0.2) is 0 Å². The van der Waals surface area contributed by atoms with Crippen molar-refractivity contribution in [3.8, 4) is 0 Å². The van der Waals surface area contributed by atoms with Gasteiger partial charge in [0.05, 0.1) is 30.3 Å². The van der Waals surface area contributed by atoms with Gasteiger partial charge >= 0.3 is 11.9 Å². The fourth-order valence-corrected chi connectivity index (χ4v) is 3.85. The van der Waals surface area contributed by atoms with Gasteiger partial charge in [0, 0.05) is 11.1 Å². The normalized spacial score (nSPS) is 14.6. The number of aryl methyl sites for hydroxylation is 2. The van der Waals surface area contributed by atoms with E-state index in [1.807, 2.05) is 26.0 Å². The van der Waals surface area contributed by atoms with Crippen LogP contribution in [0.25, 0.3) is 10.9 Å². The minimum Gasteiger partial charge on any atom is -0.465 e. The largest absolute Gasteiger partial charge is 0.465 e. The Bertz CT molecular complexity index is 1140. The highest BCUT2D eigenvalue weighted by molar-refractivity contribution is 5.99. The molecule has 1 aromatic carbocycles. The number of allylic oxidation sites excluding steroid dienone is 2. The van der Waals surface area contributed by atoms with E-state index in [1.54, 1.807) is 33.8 Å². The summed E-state index contributed by atoms with van der Waals surface area (Å²) in [7, 11) is 0. The quantitative estimate of drug-likeness (QED) is 0.730. The number of carbonyl (C=O) groups is 2. The third-order valence-corrected chi connectivity index (χ3v) is 5.43. The number of rotatable bonds is 5. The van der Waals surface area contributed by atoms with Crippen LogP contribution in [0.3, 0.4) is 0 Å². The van der Waals surface area contributed by atoms with Crippen LogP contribution in [0.4, 0.5) is 0 Å². The summed E-state index contributed by atoms with van der Waals surface area (Å²) in [5.74, 6) is -1.68. The first-order valence-corrected chi connectivity index (χ1v) is 10.3. The highest BCUT2D eigenvalue weighted by atomic mass is 16.5. The van der Waals surface area contributed by atoms with Gasteiger partial charge in [-0.2, -0.15) is 0 Å². The molecular formula is C24H27NO6. The third kappa shape index (κ3) is 4.13. The summed E-state index contributed by atoms with van der Waals surface area (Å²) in [5, 5.41) is 0.797. The number of benzene rings is 1. The van der Waals surface area contributed by atoms with Crippen molar-refractivity contribution < 1.29 is 23.8 Å². The maximum Gasteiger partial charge on any atom is 0.338 e. The number of ether oxygens (including phenoxy) is 3. The molecule has 1 aliphatic rings. The first-order valence-electron chi connectivity index (χ1n) is 10.3. The molecule has 0 radical (unpaired) electrons. The van der Waals surface area contributed by atoms with Crippen LogP contribution in [0.5, 0.6) is 0 Å². The molecule has 0 saturated carbocycles. The SMILES string of the molecule is CCOC(=O)C1=C(C)OC(C)=C(C(=O)OCC)C1c1cc2cc(C)c(C)cc2[nH]c1=O. The predicted octanol–water partition coefficient (Wildman–Crippen LogP) is 3.93. The molecule has 0 saturated heterocycles. The molecule has 7 heteroatoms. The number of hydrogen-bond acceptors (Lipinski definition) is 6. The third-order valence-electron chi connectivity index (χ3n) is 5.43. The molecule has 1 N–H and O–H groups in total. The van der Waals surface area contributed by atoms with Gasteiger partial charge < -0.3 is 19.2 Å². The van der Waals surface area contributed by atoms with Crippen molar-refractivity contribution in [3.63, 3.8) is 0 Å². The van der Waals surface area contributed by atoms with E-state index < -0.39 is 23.4 Å². The Kier molecular flexibility index (Phi) is 6.34. The van der Waals surface area contributed by atoms with Crippen LogP contribution in [0, 0.1) is 13.8 Å². The Labute approximate surface area is 180 Å². The Morgan fingerprint density at radius 3 is 1.94 bits per heavy atom. The van der Waals surface area contributed by atoms with Crippen molar-refractivity contribution in [1.82, 2.24) is 4.98 Å². The van der Waals surface area contributed by atoms with Crippen LogP contribution >= 0.6 is 0 Å². The number of aromatic amines is 1. The Morgan fingerprint density at radius 2 is 1.42 bits per heavy atom. The summed E-state index contributed by atoms with van der Waals surface area (Å²) in [6.07, 6.45) is 0. The highest BCUT2D eigenvalue weighted by Gasteiger charge is 2.40. The van der Waals surface area contributed by atoms with Crippen molar-refractivity contribution in [3.05, 3.63) is 67.9 Å². The summed E-state index contributed by atoms with van der Waals surface area (Å²) >= 11 is 0. The first-order chi connectivity index (χ1) is 14.7. The number of esters is 2. The lowest BCUT2D eigenvalue weighted by atomic mass is 9.81. The van der Waals surface area contributed by atoms with Crippen LogP contribution in [0.15, 0.2) is 45.7 Å². The molecule has 7 nitrogen and oxygen atoms in total. The van der Waals surface area contributed by atoms with Gasteiger partial charge in [0.25, 0.3) is 5.56 Å². The summed E-state index contributed by atoms with van der Waals surface area (Å²) in [6, 6.07) is 5.58. The predicted molar refractivity (Wildman–Crippen MR) is 117 cm³/mol. The molecule has 0 fully saturated rings. The Balaban J connectivity index is 2.31. The maximum absolute atomic E-state index is 13.1. The van der Waals surface area contributed by atoms with Gasteiger partial charge in [-0.05, 0) is 76.3 Å². The zero-order valence-corrected chi connectivity index (χ0v) is 18.7. The van der Waals surface area contributed by atoms with Crippen molar-refractivity contribution in [1.29, 1.82) is 0 Å². The zero-order valence-electron chi connectivity index (χ0n) is 18.7. The summed E-state index contributed by atoms with van der Waals surface area (Å²) in [6.45, 7) is 10.9. The van der Waals surface area contributed by atoms with Gasteiger partial charge in [0.1, 0.15) is 11.5 Å². The Morgan fingerprint density at radius 1 is 0.903 bits per heavy atom. The van der Waals surface area contributed by atoms with Gasteiger partial charge in [-0.3, -0.25) is 4.79 Å². The molecule has 2 aromatic rings. The topological polar surface area (TPSA) is 94.7 Å². The lowest BCUT2D eigenvalue weighted by Crippen LogP contribution is -2.31. The van der Waals surface area contributed by atoms with Gasteiger partial charge in [-0.25, -0.2) is 9.59 Å². The van der Waals surface area contributed by atoms with Crippen molar-refractivity contribution in [2.75, 3.05) is 13.2 Å². The second kappa shape index (κ2) is 8.79. The number of H-pyrrole nitrogens is 1. The van der Waals surface area contributed by atoms with E-state index in [2.05, 4.69) is 4.98 Å². The molecule has 0 amide bonds. The molecule has 0 aliphatic carbocycles. The molecule has 0 spiro atoms. The summed E-state index contributed by atoms with van der Waals surface area (Å²) < 4.78 is 16.2. The molecule has 0 bridgehead atoms. The zero-order chi connectivity index (χ0) is 22.9. The van der Waals surface area contributed by atoms with Gasteiger partial charge in [-0.1, -0.05) is 0 Å². The standard InChI is InChI=1S/C24H27NO6/c1-7-29-23(27)19-14(5)31-15(6)20(24(28)30-8-2)21(19)17-11-16-9-12(3)13(4)10-18(16)25-22(17)26/h9-11,21H,7-8H2,1-6H3,(H,25,26). The van der Waals surface area contributed by atoms with Crippen molar-refractivity contribution in [2.24, 2.45) is 0 Å². The van der Waals surface area contributed by atoms with E-state index in [0.717, 1.165) is 16.5 Å². The molecule has 2 heterocycles.